The second kappa shape index (κ2) is 8.34. The molecule has 0 bridgehead atoms. The molecule has 6 heteroatoms. The molecule has 0 saturated heterocycles. The number of aryl methyl sites for hydroxylation is 1. The third kappa shape index (κ3) is 4.72. The maximum atomic E-state index is 5.74. The Morgan fingerprint density at radius 1 is 1.40 bits per heavy atom. The molecule has 1 heterocycles. The number of benzene rings is 1. The van der Waals surface area contributed by atoms with E-state index in [4.69, 9.17) is 14.7 Å². The van der Waals surface area contributed by atoms with Gasteiger partial charge in [-0.3, -0.25) is 0 Å². The monoisotopic (exact) mass is 343 g/mol. The summed E-state index contributed by atoms with van der Waals surface area (Å²) in [7, 11) is 4.10. The summed E-state index contributed by atoms with van der Waals surface area (Å²) in [4.78, 5) is 11.6. The van der Waals surface area contributed by atoms with Crippen molar-refractivity contribution in [1.82, 2.24) is 19.8 Å². The molecule has 136 valence electrons. The van der Waals surface area contributed by atoms with Crippen molar-refractivity contribution in [2.75, 3.05) is 33.4 Å². The third-order valence-corrected chi connectivity index (χ3v) is 4.57. The van der Waals surface area contributed by atoms with Gasteiger partial charge in [-0.2, -0.15) is 0 Å². The van der Waals surface area contributed by atoms with Crippen LogP contribution >= 0.6 is 0 Å². The standard InChI is InChI=1S/C19H29N5O/c1-4-20-19(23(2)11-12-25-14-15-9-10-15)21-13-18-22-16-7-5-6-8-17(16)24(18)3/h5-8,15H,4,9-14H2,1-3H3,(H,20,21). The topological polar surface area (TPSA) is 54.7 Å². The molecule has 1 N–H and O–H groups in total. The lowest BCUT2D eigenvalue weighted by Crippen LogP contribution is -2.40. The minimum atomic E-state index is 0.556. The lowest BCUT2D eigenvalue weighted by atomic mass is 10.3. The van der Waals surface area contributed by atoms with Crippen molar-refractivity contribution < 1.29 is 4.74 Å². The Hall–Kier alpha value is -2.08. The number of aromatic nitrogens is 2. The zero-order valence-corrected chi connectivity index (χ0v) is 15.5. The van der Waals surface area contributed by atoms with Crippen molar-refractivity contribution >= 4 is 17.0 Å². The maximum absolute atomic E-state index is 5.74. The number of likely N-dealkylation sites (N-methyl/N-ethyl adjacent to an activating group) is 1. The van der Waals surface area contributed by atoms with Crippen LogP contribution in [0.15, 0.2) is 29.3 Å². The van der Waals surface area contributed by atoms with Gasteiger partial charge >= 0.3 is 0 Å². The summed E-state index contributed by atoms with van der Waals surface area (Å²) in [6.07, 6.45) is 2.66. The third-order valence-electron chi connectivity index (χ3n) is 4.57. The average molecular weight is 343 g/mol. The smallest absolute Gasteiger partial charge is 0.194 e. The first kappa shape index (κ1) is 17.7. The molecule has 1 fully saturated rings. The molecule has 2 aromatic rings. The van der Waals surface area contributed by atoms with Crippen LogP contribution in [0.2, 0.25) is 0 Å². The van der Waals surface area contributed by atoms with Gasteiger partial charge in [0.15, 0.2) is 5.96 Å². The van der Waals surface area contributed by atoms with Crippen LogP contribution in [-0.2, 0) is 18.3 Å². The quantitative estimate of drug-likeness (QED) is 0.454. The predicted octanol–water partition coefficient (Wildman–Crippen LogP) is 2.40. The summed E-state index contributed by atoms with van der Waals surface area (Å²) in [5.41, 5.74) is 2.15. The number of nitrogens with zero attached hydrogens (tertiary/aromatic N) is 4. The van der Waals surface area contributed by atoms with Crippen LogP contribution in [0.5, 0.6) is 0 Å². The summed E-state index contributed by atoms with van der Waals surface area (Å²) in [5.74, 6) is 2.67. The van der Waals surface area contributed by atoms with E-state index in [2.05, 4.69) is 34.8 Å². The number of nitrogens with one attached hydrogen (secondary N) is 1. The van der Waals surface area contributed by atoms with Gasteiger partial charge in [0, 0.05) is 33.8 Å². The first-order chi connectivity index (χ1) is 12.2. The molecular formula is C19H29N5O. The number of rotatable bonds is 8. The normalized spacial score (nSPS) is 14.9. The second-order valence-electron chi connectivity index (χ2n) is 6.69. The molecule has 0 atom stereocenters. The molecule has 0 aliphatic heterocycles. The van der Waals surface area contributed by atoms with Gasteiger partial charge in [-0.1, -0.05) is 12.1 Å². The van der Waals surface area contributed by atoms with Crippen molar-refractivity contribution in [1.29, 1.82) is 0 Å². The second-order valence-corrected chi connectivity index (χ2v) is 6.69. The minimum Gasteiger partial charge on any atom is -0.379 e. The molecule has 0 radical (unpaired) electrons. The molecule has 6 nitrogen and oxygen atoms in total. The van der Waals surface area contributed by atoms with E-state index >= 15 is 0 Å². The van der Waals surface area contributed by atoms with E-state index < -0.39 is 0 Å². The fourth-order valence-corrected chi connectivity index (χ4v) is 2.79. The molecule has 1 aliphatic rings. The van der Waals surface area contributed by atoms with Gasteiger partial charge < -0.3 is 19.5 Å². The Labute approximate surface area is 149 Å². The van der Waals surface area contributed by atoms with E-state index in [0.717, 1.165) is 55.0 Å². The Balaban J connectivity index is 1.60. The lowest BCUT2D eigenvalue weighted by molar-refractivity contribution is 0.115. The molecule has 1 saturated carbocycles. The Morgan fingerprint density at radius 2 is 2.20 bits per heavy atom. The Morgan fingerprint density at radius 3 is 2.92 bits per heavy atom. The van der Waals surface area contributed by atoms with Gasteiger partial charge in [-0.05, 0) is 37.8 Å². The molecular weight excluding hydrogens is 314 g/mol. The number of aliphatic imine (C=N–C) groups is 1. The van der Waals surface area contributed by atoms with E-state index in [1.54, 1.807) is 0 Å². The maximum Gasteiger partial charge on any atom is 0.194 e. The van der Waals surface area contributed by atoms with Crippen LogP contribution in [-0.4, -0.2) is 53.8 Å². The van der Waals surface area contributed by atoms with Gasteiger partial charge in [0.2, 0.25) is 0 Å². The van der Waals surface area contributed by atoms with E-state index in [9.17, 15) is 0 Å². The molecule has 0 spiro atoms. The Kier molecular flexibility index (Phi) is 5.91. The Bertz CT molecular complexity index is 720. The highest BCUT2D eigenvalue weighted by molar-refractivity contribution is 5.80. The first-order valence-corrected chi connectivity index (χ1v) is 9.16. The molecule has 25 heavy (non-hydrogen) atoms. The van der Waals surface area contributed by atoms with Gasteiger partial charge in [0.25, 0.3) is 0 Å². The van der Waals surface area contributed by atoms with E-state index in [-0.39, 0.29) is 0 Å². The predicted molar refractivity (Wildman–Crippen MR) is 102 cm³/mol. The van der Waals surface area contributed by atoms with Crippen molar-refractivity contribution in [3.8, 4) is 0 Å². The molecule has 1 aromatic heterocycles. The van der Waals surface area contributed by atoms with Crippen LogP contribution in [0.4, 0.5) is 0 Å². The number of hydrogen-bond donors (Lipinski definition) is 1. The first-order valence-electron chi connectivity index (χ1n) is 9.16. The fraction of sp³-hybridized carbons (Fsp3) is 0.579. The van der Waals surface area contributed by atoms with Crippen molar-refractivity contribution in [2.24, 2.45) is 18.0 Å². The van der Waals surface area contributed by atoms with E-state index in [0.29, 0.717) is 6.54 Å². The summed E-state index contributed by atoms with van der Waals surface area (Å²) in [6, 6.07) is 8.18. The molecule has 1 aliphatic carbocycles. The van der Waals surface area contributed by atoms with Crippen molar-refractivity contribution in [2.45, 2.75) is 26.3 Å². The van der Waals surface area contributed by atoms with Crippen LogP contribution in [0.1, 0.15) is 25.6 Å². The molecule has 0 amide bonds. The van der Waals surface area contributed by atoms with Gasteiger partial charge in [-0.25, -0.2) is 9.98 Å². The highest BCUT2D eigenvalue weighted by Crippen LogP contribution is 2.28. The van der Waals surface area contributed by atoms with E-state index in [1.165, 1.54) is 12.8 Å². The average Bonchev–Trinajstić information content (AvgIpc) is 3.39. The number of para-hydroxylation sites is 2. The van der Waals surface area contributed by atoms with Crippen molar-refractivity contribution in [3.63, 3.8) is 0 Å². The summed E-state index contributed by atoms with van der Waals surface area (Å²) >= 11 is 0. The van der Waals surface area contributed by atoms with Crippen LogP contribution in [0, 0.1) is 5.92 Å². The van der Waals surface area contributed by atoms with E-state index in [1.807, 2.05) is 25.2 Å². The highest BCUT2D eigenvalue weighted by Gasteiger charge is 2.21. The molecule has 0 unspecified atom stereocenters. The largest absolute Gasteiger partial charge is 0.379 e. The van der Waals surface area contributed by atoms with Crippen molar-refractivity contribution in [3.05, 3.63) is 30.1 Å². The molecule has 3 rings (SSSR count). The number of hydrogen-bond acceptors (Lipinski definition) is 3. The van der Waals surface area contributed by atoms with Gasteiger partial charge in [0.1, 0.15) is 12.4 Å². The summed E-state index contributed by atoms with van der Waals surface area (Å²) < 4.78 is 7.85. The number of fused-ring (bicyclic) bond motifs is 1. The number of guanidine groups is 1. The fourth-order valence-electron chi connectivity index (χ4n) is 2.79. The zero-order valence-electron chi connectivity index (χ0n) is 15.5. The SMILES string of the molecule is CCNC(=NCc1nc2ccccc2n1C)N(C)CCOCC1CC1. The van der Waals surface area contributed by atoms with Gasteiger partial charge in [0.05, 0.1) is 17.6 Å². The number of ether oxygens (including phenoxy) is 1. The zero-order chi connectivity index (χ0) is 17.6. The van der Waals surface area contributed by atoms with Crippen LogP contribution in [0.3, 0.4) is 0 Å². The minimum absolute atomic E-state index is 0.556. The molecule has 1 aromatic carbocycles. The van der Waals surface area contributed by atoms with Gasteiger partial charge in [-0.15, -0.1) is 0 Å². The van der Waals surface area contributed by atoms with Crippen LogP contribution < -0.4 is 5.32 Å². The summed E-state index contributed by atoms with van der Waals surface area (Å²) in [5, 5.41) is 3.35. The lowest BCUT2D eigenvalue weighted by Gasteiger charge is -2.22. The van der Waals surface area contributed by atoms with Crippen LogP contribution in [0.25, 0.3) is 11.0 Å². The number of imidazole rings is 1. The highest BCUT2D eigenvalue weighted by atomic mass is 16.5. The summed E-state index contributed by atoms with van der Waals surface area (Å²) in [6.45, 7) is 5.96.